The molecule has 0 fully saturated rings. The van der Waals surface area contributed by atoms with Crippen molar-refractivity contribution in [2.75, 3.05) is 22.9 Å². The summed E-state index contributed by atoms with van der Waals surface area (Å²) < 4.78 is 12.9. The van der Waals surface area contributed by atoms with Crippen LogP contribution in [0.2, 0.25) is 0 Å². The van der Waals surface area contributed by atoms with Gasteiger partial charge >= 0.3 is 0 Å². The van der Waals surface area contributed by atoms with Gasteiger partial charge in [0.15, 0.2) is 0 Å². The maximum absolute atomic E-state index is 12.9. The molecule has 0 aliphatic heterocycles. The number of hydrogen-bond acceptors (Lipinski definition) is 3. The summed E-state index contributed by atoms with van der Waals surface area (Å²) in [6.07, 6.45) is 0.788. The molecule has 26 heavy (non-hydrogen) atoms. The van der Waals surface area contributed by atoms with Crippen LogP contribution in [0.25, 0.3) is 0 Å². The van der Waals surface area contributed by atoms with Gasteiger partial charge in [-0.05, 0) is 60.5 Å². The summed E-state index contributed by atoms with van der Waals surface area (Å²) in [5, 5.41) is 6.09. The van der Waals surface area contributed by atoms with E-state index in [1.165, 1.54) is 12.1 Å². The molecule has 1 amide bonds. The Morgan fingerprint density at radius 1 is 0.923 bits per heavy atom. The predicted molar refractivity (Wildman–Crippen MR) is 104 cm³/mol. The van der Waals surface area contributed by atoms with E-state index in [4.69, 9.17) is 5.73 Å². The van der Waals surface area contributed by atoms with Crippen LogP contribution in [-0.4, -0.2) is 12.5 Å². The number of nitrogens with one attached hydrogen (secondary N) is 2. The summed E-state index contributed by atoms with van der Waals surface area (Å²) in [6, 6.07) is 20.8. The fraction of sp³-hybridized carbons (Fsp3) is 0.0952. The van der Waals surface area contributed by atoms with Gasteiger partial charge in [-0.15, -0.1) is 0 Å². The summed E-state index contributed by atoms with van der Waals surface area (Å²) in [6.45, 7) is 0.720. The molecule has 0 spiro atoms. The van der Waals surface area contributed by atoms with Crippen molar-refractivity contribution in [2.24, 2.45) is 0 Å². The van der Waals surface area contributed by atoms with Crippen LogP contribution in [0.5, 0.6) is 0 Å². The highest BCUT2D eigenvalue weighted by molar-refractivity contribution is 6.05. The van der Waals surface area contributed by atoms with Crippen molar-refractivity contribution in [2.45, 2.75) is 6.42 Å². The Labute approximate surface area is 151 Å². The van der Waals surface area contributed by atoms with Gasteiger partial charge in [0.1, 0.15) is 5.82 Å². The first kappa shape index (κ1) is 17.5. The van der Waals surface area contributed by atoms with Gasteiger partial charge in [0.2, 0.25) is 0 Å². The Bertz CT molecular complexity index is 877. The van der Waals surface area contributed by atoms with E-state index >= 15 is 0 Å². The molecule has 4 N–H and O–H groups in total. The van der Waals surface area contributed by atoms with Gasteiger partial charge in [0.05, 0.1) is 11.4 Å². The minimum atomic E-state index is -0.229. The van der Waals surface area contributed by atoms with Crippen molar-refractivity contribution in [3.05, 3.63) is 89.7 Å². The Morgan fingerprint density at radius 3 is 2.31 bits per heavy atom. The standard InChI is InChI=1S/C21H20FN3O/c22-17-9-5-15(6-10-17)13-14-24-18-11-7-16(8-12-18)21(26)25-20-4-2-1-3-19(20)23/h1-12,24H,13-14,23H2,(H,25,26). The van der Waals surface area contributed by atoms with Crippen LogP contribution in [0, 0.1) is 5.82 Å². The minimum Gasteiger partial charge on any atom is -0.397 e. The van der Waals surface area contributed by atoms with E-state index in [-0.39, 0.29) is 11.7 Å². The van der Waals surface area contributed by atoms with Gasteiger partial charge in [-0.3, -0.25) is 4.79 Å². The molecule has 0 aromatic heterocycles. The average Bonchev–Trinajstić information content (AvgIpc) is 2.66. The second kappa shape index (κ2) is 8.16. The molecule has 0 aliphatic rings. The van der Waals surface area contributed by atoms with Crippen LogP contribution in [-0.2, 0) is 6.42 Å². The van der Waals surface area contributed by atoms with Crippen LogP contribution >= 0.6 is 0 Å². The van der Waals surface area contributed by atoms with Crippen molar-refractivity contribution >= 4 is 23.0 Å². The summed E-state index contributed by atoms with van der Waals surface area (Å²) >= 11 is 0. The summed E-state index contributed by atoms with van der Waals surface area (Å²) in [7, 11) is 0. The molecule has 0 bridgehead atoms. The van der Waals surface area contributed by atoms with Crippen molar-refractivity contribution in [3.63, 3.8) is 0 Å². The van der Waals surface area contributed by atoms with Gasteiger partial charge in [-0.2, -0.15) is 0 Å². The lowest BCUT2D eigenvalue weighted by Gasteiger charge is -2.09. The van der Waals surface area contributed by atoms with Crippen LogP contribution in [0.15, 0.2) is 72.8 Å². The van der Waals surface area contributed by atoms with E-state index in [0.717, 1.165) is 24.2 Å². The van der Waals surface area contributed by atoms with E-state index in [1.54, 1.807) is 36.4 Å². The molecule has 0 saturated heterocycles. The van der Waals surface area contributed by atoms with Crippen molar-refractivity contribution in [1.29, 1.82) is 0 Å². The third-order valence-corrected chi connectivity index (χ3v) is 4.01. The SMILES string of the molecule is Nc1ccccc1NC(=O)c1ccc(NCCc2ccc(F)cc2)cc1. The highest BCUT2D eigenvalue weighted by atomic mass is 19.1. The van der Waals surface area contributed by atoms with Crippen LogP contribution in [0.3, 0.4) is 0 Å². The number of benzene rings is 3. The normalized spacial score (nSPS) is 10.3. The number of halogens is 1. The van der Waals surface area contributed by atoms with Gasteiger partial charge in [-0.1, -0.05) is 24.3 Å². The molecular formula is C21H20FN3O. The number of para-hydroxylation sites is 2. The first-order chi connectivity index (χ1) is 12.6. The topological polar surface area (TPSA) is 67.1 Å². The zero-order valence-corrected chi connectivity index (χ0v) is 14.2. The Balaban J connectivity index is 1.53. The number of nitrogen functional groups attached to an aromatic ring is 1. The monoisotopic (exact) mass is 349 g/mol. The third-order valence-electron chi connectivity index (χ3n) is 4.01. The molecule has 5 heteroatoms. The van der Waals surface area contributed by atoms with Crippen molar-refractivity contribution in [3.8, 4) is 0 Å². The molecule has 0 saturated carbocycles. The Kier molecular flexibility index (Phi) is 5.49. The molecule has 3 aromatic carbocycles. The molecule has 0 radical (unpaired) electrons. The molecule has 3 aromatic rings. The average molecular weight is 349 g/mol. The molecule has 0 aliphatic carbocycles. The summed E-state index contributed by atoms with van der Waals surface area (Å²) in [5.41, 5.74) is 9.50. The van der Waals surface area contributed by atoms with E-state index in [0.29, 0.717) is 16.9 Å². The van der Waals surface area contributed by atoms with E-state index in [9.17, 15) is 9.18 Å². The zero-order chi connectivity index (χ0) is 18.4. The Hall–Kier alpha value is -3.34. The van der Waals surface area contributed by atoms with Crippen molar-refractivity contribution in [1.82, 2.24) is 0 Å². The highest BCUT2D eigenvalue weighted by Crippen LogP contribution is 2.18. The van der Waals surface area contributed by atoms with Gasteiger partial charge < -0.3 is 16.4 Å². The number of carbonyl (C=O) groups excluding carboxylic acids is 1. The number of hydrogen-bond donors (Lipinski definition) is 3. The second-order valence-corrected chi connectivity index (χ2v) is 5.92. The predicted octanol–water partition coefficient (Wildman–Crippen LogP) is 4.31. The van der Waals surface area contributed by atoms with E-state index in [1.807, 2.05) is 24.3 Å². The van der Waals surface area contributed by atoms with E-state index in [2.05, 4.69) is 10.6 Å². The lowest BCUT2D eigenvalue weighted by atomic mass is 10.1. The smallest absolute Gasteiger partial charge is 0.255 e. The zero-order valence-electron chi connectivity index (χ0n) is 14.2. The maximum Gasteiger partial charge on any atom is 0.255 e. The summed E-state index contributed by atoms with van der Waals surface area (Å²) in [4.78, 5) is 12.3. The first-order valence-corrected chi connectivity index (χ1v) is 8.36. The van der Waals surface area contributed by atoms with Gasteiger partial charge in [-0.25, -0.2) is 4.39 Å². The quantitative estimate of drug-likeness (QED) is 0.581. The van der Waals surface area contributed by atoms with Crippen molar-refractivity contribution < 1.29 is 9.18 Å². The minimum absolute atomic E-state index is 0.208. The second-order valence-electron chi connectivity index (χ2n) is 5.92. The number of amides is 1. The molecule has 3 rings (SSSR count). The fourth-order valence-corrected chi connectivity index (χ4v) is 2.55. The van der Waals surface area contributed by atoms with Gasteiger partial charge in [0, 0.05) is 17.8 Å². The third kappa shape index (κ3) is 4.60. The number of anilines is 3. The molecule has 132 valence electrons. The Morgan fingerprint density at radius 2 is 1.62 bits per heavy atom. The molecule has 0 unspecified atom stereocenters. The highest BCUT2D eigenvalue weighted by Gasteiger charge is 2.07. The van der Waals surface area contributed by atoms with Gasteiger partial charge in [0.25, 0.3) is 5.91 Å². The molecule has 4 nitrogen and oxygen atoms in total. The molecule has 0 heterocycles. The largest absolute Gasteiger partial charge is 0.397 e. The molecular weight excluding hydrogens is 329 g/mol. The lowest BCUT2D eigenvalue weighted by molar-refractivity contribution is 0.102. The van der Waals surface area contributed by atoms with Crippen LogP contribution in [0.1, 0.15) is 15.9 Å². The first-order valence-electron chi connectivity index (χ1n) is 8.36. The van der Waals surface area contributed by atoms with Crippen LogP contribution < -0.4 is 16.4 Å². The van der Waals surface area contributed by atoms with Crippen LogP contribution in [0.4, 0.5) is 21.5 Å². The summed E-state index contributed by atoms with van der Waals surface area (Å²) in [5.74, 6) is -0.436. The number of rotatable bonds is 6. The molecule has 0 atom stereocenters. The fourth-order valence-electron chi connectivity index (χ4n) is 2.55. The van der Waals surface area contributed by atoms with E-state index < -0.39 is 0 Å². The number of carbonyl (C=O) groups is 1. The number of nitrogens with two attached hydrogens (primary N) is 1. The maximum atomic E-state index is 12.9. The lowest BCUT2D eigenvalue weighted by Crippen LogP contribution is -2.13.